The van der Waals surface area contributed by atoms with Gasteiger partial charge in [0.1, 0.15) is 11.6 Å². The van der Waals surface area contributed by atoms with Crippen molar-refractivity contribution < 1.29 is 18.3 Å². The molecule has 1 rings (SSSR count). The van der Waals surface area contributed by atoms with E-state index in [4.69, 9.17) is 5.84 Å². The number of aromatic nitrogens is 1. The van der Waals surface area contributed by atoms with Gasteiger partial charge in [0.2, 0.25) is 0 Å². The lowest BCUT2D eigenvalue weighted by atomic mass is 9.83. The fourth-order valence-corrected chi connectivity index (χ4v) is 1.92. The van der Waals surface area contributed by atoms with Crippen molar-refractivity contribution in [3.8, 4) is 0 Å². The minimum atomic E-state index is -4.48. The Balaban J connectivity index is 2.98. The molecule has 0 atom stereocenters. The minimum Gasteiger partial charge on any atom is -0.396 e. The van der Waals surface area contributed by atoms with E-state index in [1.165, 1.54) is 0 Å². The molecular weight excluding hydrogens is 285 g/mol. The Morgan fingerprint density at radius 3 is 2.19 bits per heavy atom. The Bertz CT molecular complexity index is 453. The lowest BCUT2D eigenvalue weighted by Crippen LogP contribution is -2.32. The predicted molar refractivity (Wildman–Crippen MR) is 75.6 cm³/mol. The normalized spacial score (nSPS) is 12.3. The number of anilines is 2. The van der Waals surface area contributed by atoms with E-state index in [1.54, 1.807) is 0 Å². The van der Waals surface area contributed by atoms with Crippen molar-refractivity contribution in [2.24, 2.45) is 11.3 Å². The van der Waals surface area contributed by atoms with E-state index in [0.29, 0.717) is 19.4 Å². The van der Waals surface area contributed by atoms with Gasteiger partial charge in [-0.15, -0.1) is 0 Å². The maximum absolute atomic E-state index is 12.8. The van der Waals surface area contributed by atoms with Crippen molar-refractivity contribution in [1.29, 1.82) is 0 Å². The SMILES string of the molecule is CCC(CC)(CO)CNc1cc(C(F)(F)F)cc(NN)n1. The number of hydrogen-bond donors (Lipinski definition) is 4. The topological polar surface area (TPSA) is 83.2 Å². The number of nitrogens with two attached hydrogens (primary N) is 1. The van der Waals surface area contributed by atoms with E-state index in [1.807, 2.05) is 13.8 Å². The standard InChI is InChI=1S/C13H21F3N4O/c1-3-12(4-2,8-21)7-18-10-5-9(13(14,15)16)6-11(19-10)20-17/h5-6,21H,3-4,7-8,17H2,1-2H3,(H2,18,19,20). The van der Waals surface area contributed by atoms with Crippen molar-refractivity contribution in [3.05, 3.63) is 17.7 Å². The zero-order chi connectivity index (χ0) is 16.1. The van der Waals surface area contributed by atoms with E-state index in [9.17, 15) is 18.3 Å². The molecule has 0 fully saturated rings. The van der Waals surface area contributed by atoms with Crippen LogP contribution in [0.3, 0.4) is 0 Å². The van der Waals surface area contributed by atoms with E-state index >= 15 is 0 Å². The second-order valence-electron chi connectivity index (χ2n) is 4.99. The van der Waals surface area contributed by atoms with E-state index < -0.39 is 11.7 Å². The summed E-state index contributed by atoms with van der Waals surface area (Å²) in [5, 5.41) is 12.3. The second kappa shape index (κ2) is 6.95. The molecule has 1 aromatic heterocycles. The first-order valence-corrected chi connectivity index (χ1v) is 6.71. The number of halogens is 3. The van der Waals surface area contributed by atoms with Gasteiger partial charge in [-0.1, -0.05) is 13.8 Å². The molecule has 120 valence electrons. The van der Waals surface area contributed by atoms with Crippen LogP contribution in [0.15, 0.2) is 12.1 Å². The van der Waals surface area contributed by atoms with Gasteiger partial charge >= 0.3 is 6.18 Å². The summed E-state index contributed by atoms with van der Waals surface area (Å²) in [6.45, 7) is 4.13. The van der Waals surface area contributed by atoms with E-state index in [0.717, 1.165) is 12.1 Å². The van der Waals surface area contributed by atoms with Crippen molar-refractivity contribution in [2.45, 2.75) is 32.9 Å². The molecule has 5 N–H and O–H groups in total. The van der Waals surface area contributed by atoms with Crippen LogP contribution in [-0.4, -0.2) is 23.2 Å². The average Bonchev–Trinajstić information content (AvgIpc) is 2.48. The molecule has 21 heavy (non-hydrogen) atoms. The Labute approximate surface area is 121 Å². The maximum Gasteiger partial charge on any atom is 0.416 e. The summed E-state index contributed by atoms with van der Waals surface area (Å²) in [4.78, 5) is 3.94. The number of hydrazine groups is 1. The number of alkyl halides is 3. The number of hydrogen-bond acceptors (Lipinski definition) is 5. The highest BCUT2D eigenvalue weighted by Gasteiger charge is 2.32. The van der Waals surface area contributed by atoms with Crippen molar-refractivity contribution >= 4 is 11.6 Å². The maximum atomic E-state index is 12.8. The molecule has 0 unspecified atom stereocenters. The molecule has 5 nitrogen and oxygen atoms in total. The van der Waals surface area contributed by atoms with Gasteiger partial charge in [0, 0.05) is 12.0 Å². The van der Waals surface area contributed by atoms with Crippen LogP contribution in [0.4, 0.5) is 24.8 Å². The average molecular weight is 306 g/mol. The number of nitrogens with zero attached hydrogens (tertiary/aromatic N) is 1. The molecule has 0 aliphatic rings. The minimum absolute atomic E-state index is 0.0477. The van der Waals surface area contributed by atoms with Crippen LogP contribution in [0.5, 0.6) is 0 Å². The first kappa shape index (κ1) is 17.5. The van der Waals surface area contributed by atoms with Crippen LogP contribution in [-0.2, 0) is 6.18 Å². The van der Waals surface area contributed by atoms with Crippen LogP contribution >= 0.6 is 0 Å². The Morgan fingerprint density at radius 2 is 1.76 bits per heavy atom. The molecule has 1 heterocycles. The Hall–Kier alpha value is -1.54. The second-order valence-corrected chi connectivity index (χ2v) is 4.99. The molecule has 0 aromatic carbocycles. The molecule has 0 saturated carbocycles. The number of aliphatic hydroxyl groups is 1. The Morgan fingerprint density at radius 1 is 1.19 bits per heavy atom. The Kier molecular flexibility index (Phi) is 5.79. The molecule has 0 radical (unpaired) electrons. The third-order valence-corrected chi connectivity index (χ3v) is 3.78. The predicted octanol–water partition coefficient (Wildman–Crippen LogP) is 2.60. The molecule has 1 aromatic rings. The smallest absolute Gasteiger partial charge is 0.396 e. The van der Waals surface area contributed by atoms with Gasteiger partial charge in [0.25, 0.3) is 0 Å². The lowest BCUT2D eigenvalue weighted by molar-refractivity contribution is -0.137. The van der Waals surface area contributed by atoms with E-state index in [2.05, 4.69) is 15.7 Å². The van der Waals surface area contributed by atoms with Gasteiger partial charge in [0.15, 0.2) is 0 Å². The monoisotopic (exact) mass is 306 g/mol. The summed E-state index contributed by atoms with van der Waals surface area (Å²) < 4.78 is 38.4. The molecule has 0 aliphatic heterocycles. The van der Waals surface area contributed by atoms with Crippen LogP contribution in [0.1, 0.15) is 32.3 Å². The summed E-state index contributed by atoms with van der Waals surface area (Å²) in [6.07, 6.45) is -3.07. The van der Waals surface area contributed by atoms with Gasteiger partial charge in [-0.2, -0.15) is 13.2 Å². The molecule has 0 bridgehead atoms. The highest BCUT2D eigenvalue weighted by atomic mass is 19.4. The van der Waals surface area contributed by atoms with Crippen molar-refractivity contribution in [2.75, 3.05) is 23.9 Å². The number of nitrogens with one attached hydrogen (secondary N) is 2. The van der Waals surface area contributed by atoms with Gasteiger partial charge < -0.3 is 15.8 Å². The summed E-state index contributed by atoms with van der Waals surface area (Å²) in [7, 11) is 0. The van der Waals surface area contributed by atoms with Gasteiger partial charge in [-0.3, -0.25) is 0 Å². The van der Waals surface area contributed by atoms with Gasteiger partial charge in [-0.25, -0.2) is 10.8 Å². The third kappa shape index (κ3) is 4.47. The quantitative estimate of drug-likeness (QED) is 0.460. The van der Waals surface area contributed by atoms with E-state index in [-0.39, 0.29) is 23.7 Å². The highest BCUT2D eigenvalue weighted by molar-refractivity contribution is 5.49. The van der Waals surface area contributed by atoms with Crippen LogP contribution < -0.4 is 16.6 Å². The number of pyridine rings is 1. The number of rotatable bonds is 7. The van der Waals surface area contributed by atoms with Crippen molar-refractivity contribution in [1.82, 2.24) is 4.98 Å². The fraction of sp³-hybridized carbons (Fsp3) is 0.615. The summed E-state index contributed by atoms with van der Waals surface area (Å²) in [5.41, 5.74) is 0.898. The molecule has 0 aliphatic carbocycles. The summed E-state index contributed by atoms with van der Waals surface area (Å²) >= 11 is 0. The lowest BCUT2D eigenvalue weighted by Gasteiger charge is -2.29. The number of aliphatic hydroxyl groups excluding tert-OH is 1. The first-order valence-electron chi connectivity index (χ1n) is 6.71. The summed E-state index contributed by atoms with van der Waals surface area (Å²) in [5.74, 6) is 5.14. The van der Waals surface area contributed by atoms with Crippen molar-refractivity contribution in [3.63, 3.8) is 0 Å². The van der Waals surface area contributed by atoms with Crippen LogP contribution in [0, 0.1) is 5.41 Å². The molecule has 8 heteroatoms. The molecule has 0 amide bonds. The molecular formula is C13H21F3N4O. The largest absolute Gasteiger partial charge is 0.416 e. The van der Waals surface area contributed by atoms with Crippen LogP contribution in [0.25, 0.3) is 0 Å². The van der Waals surface area contributed by atoms with Crippen LogP contribution in [0.2, 0.25) is 0 Å². The summed E-state index contributed by atoms with van der Waals surface area (Å²) in [6, 6.07) is 1.76. The molecule has 0 saturated heterocycles. The molecule has 0 spiro atoms. The third-order valence-electron chi connectivity index (χ3n) is 3.78. The highest BCUT2D eigenvalue weighted by Crippen LogP contribution is 2.32. The number of nitrogen functional groups attached to an aromatic ring is 1. The zero-order valence-electron chi connectivity index (χ0n) is 12.1. The first-order chi connectivity index (χ1) is 9.80. The van der Waals surface area contributed by atoms with Gasteiger partial charge in [0.05, 0.1) is 12.2 Å². The zero-order valence-corrected chi connectivity index (χ0v) is 12.1. The van der Waals surface area contributed by atoms with Gasteiger partial charge in [-0.05, 0) is 25.0 Å². The fourth-order valence-electron chi connectivity index (χ4n) is 1.92.